The molecule has 100 valence electrons. The minimum atomic E-state index is 0.328. The smallest absolute Gasteiger partial charge is 0.0536 e. The van der Waals surface area contributed by atoms with Gasteiger partial charge in [-0.05, 0) is 36.1 Å². The van der Waals surface area contributed by atoms with Gasteiger partial charge in [0.2, 0.25) is 0 Å². The summed E-state index contributed by atoms with van der Waals surface area (Å²) in [5, 5.41) is 3.67. The lowest BCUT2D eigenvalue weighted by molar-refractivity contribution is 0.546. The number of aryl methyl sites for hydroxylation is 1. The minimum absolute atomic E-state index is 0.328. The Kier molecular flexibility index (Phi) is 4.65. The fraction of sp³-hybridized carbons (Fsp3) is 0.294. The van der Waals surface area contributed by atoms with Gasteiger partial charge in [0, 0.05) is 10.2 Å². The van der Waals surface area contributed by atoms with Gasteiger partial charge in [0.1, 0.15) is 0 Å². The van der Waals surface area contributed by atoms with Crippen LogP contribution >= 0.6 is 15.9 Å². The SMILES string of the molecule is Cc1ccc(Br)cc1NC(c1ccccc1)C(C)C. The van der Waals surface area contributed by atoms with Crippen LogP contribution in [0.5, 0.6) is 0 Å². The highest BCUT2D eigenvalue weighted by Gasteiger charge is 2.16. The molecule has 0 saturated carbocycles. The highest BCUT2D eigenvalue weighted by atomic mass is 79.9. The molecule has 0 radical (unpaired) electrons. The van der Waals surface area contributed by atoms with Crippen LogP contribution in [0, 0.1) is 12.8 Å². The molecule has 0 aliphatic rings. The van der Waals surface area contributed by atoms with Gasteiger partial charge in [-0.3, -0.25) is 0 Å². The molecule has 0 aliphatic carbocycles. The molecule has 19 heavy (non-hydrogen) atoms. The van der Waals surface area contributed by atoms with Crippen LogP contribution < -0.4 is 5.32 Å². The van der Waals surface area contributed by atoms with E-state index in [9.17, 15) is 0 Å². The summed E-state index contributed by atoms with van der Waals surface area (Å²) >= 11 is 3.54. The zero-order valence-electron chi connectivity index (χ0n) is 11.7. The van der Waals surface area contributed by atoms with Crippen LogP contribution in [-0.4, -0.2) is 0 Å². The molecule has 0 spiro atoms. The first-order valence-electron chi connectivity index (χ1n) is 6.65. The van der Waals surface area contributed by atoms with Gasteiger partial charge in [-0.15, -0.1) is 0 Å². The zero-order valence-corrected chi connectivity index (χ0v) is 13.2. The molecule has 2 heteroatoms. The van der Waals surface area contributed by atoms with E-state index in [2.05, 4.69) is 90.5 Å². The monoisotopic (exact) mass is 317 g/mol. The Morgan fingerprint density at radius 3 is 2.32 bits per heavy atom. The van der Waals surface area contributed by atoms with Gasteiger partial charge in [-0.2, -0.15) is 0 Å². The second kappa shape index (κ2) is 6.25. The number of hydrogen-bond acceptors (Lipinski definition) is 1. The largest absolute Gasteiger partial charge is 0.378 e. The molecule has 1 N–H and O–H groups in total. The molecule has 1 unspecified atom stereocenters. The number of anilines is 1. The Labute approximate surface area is 124 Å². The number of nitrogens with one attached hydrogen (secondary N) is 1. The number of benzene rings is 2. The summed E-state index contributed by atoms with van der Waals surface area (Å²) in [5.41, 5.74) is 3.79. The Morgan fingerprint density at radius 1 is 1.00 bits per heavy atom. The van der Waals surface area contributed by atoms with Gasteiger partial charge in [0.25, 0.3) is 0 Å². The maximum Gasteiger partial charge on any atom is 0.0536 e. The molecule has 0 aromatic heterocycles. The second-order valence-corrected chi connectivity index (χ2v) is 6.15. The number of hydrogen-bond donors (Lipinski definition) is 1. The topological polar surface area (TPSA) is 12.0 Å². The van der Waals surface area contributed by atoms with Gasteiger partial charge >= 0.3 is 0 Å². The lowest BCUT2D eigenvalue weighted by atomic mass is 9.95. The van der Waals surface area contributed by atoms with Crippen LogP contribution in [0.4, 0.5) is 5.69 Å². The molecule has 0 aliphatic heterocycles. The molecule has 0 saturated heterocycles. The van der Waals surface area contributed by atoms with Crippen LogP contribution in [0.2, 0.25) is 0 Å². The molecule has 2 rings (SSSR count). The summed E-state index contributed by atoms with van der Waals surface area (Å²) in [4.78, 5) is 0. The van der Waals surface area contributed by atoms with E-state index in [0.29, 0.717) is 12.0 Å². The number of rotatable bonds is 4. The van der Waals surface area contributed by atoms with E-state index in [0.717, 1.165) is 4.47 Å². The van der Waals surface area contributed by atoms with Crippen molar-refractivity contribution in [2.24, 2.45) is 5.92 Å². The van der Waals surface area contributed by atoms with Gasteiger partial charge in [0.05, 0.1) is 6.04 Å². The molecule has 1 nitrogen and oxygen atoms in total. The van der Waals surface area contributed by atoms with Crippen molar-refractivity contribution in [3.63, 3.8) is 0 Å². The molecular formula is C17H20BrN. The van der Waals surface area contributed by atoms with Gasteiger partial charge in [-0.25, -0.2) is 0 Å². The fourth-order valence-electron chi connectivity index (χ4n) is 2.21. The van der Waals surface area contributed by atoms with Crippen LogP contribution in [0.15, 0.2) is 53.0 Å². The second-order valence-electron chi connectivity index (χ2n) is 5.24. The van der Waals surface area contributed by atoms with Crippen LogP contribution in [0.1, 0.15) is 31.0 Å². The fourth-order valence-corrected chi connectivity index (χ4v) is 2.57. The summed E-state index contributed by atoms with van der Waals surface area (Å²) in [6.45, 7) is 6.63. The van der Waals surface area contributed by atoms with Crippen molar-refractivity contribution in [3.8, 4) is 0 Å². The van der Waals surface area contributed by atoms with Crippen molar-refractivity contribution in [3.05, 3.63) is 64.1 Å². The average Bonchev–Trinajstić information content (AvgIpc) is 2.40. The van der Waals surface area contributed by atoms with E-state index < -0.39 is 0 Å². The highest BCUT2D eigenvalue weighted by molar-refractivity contribution is 9.10. The third-order valence-electron chi connectivity index (χ3n) is 3.34. The lowest BCUT2D eigenvalue weighted by Gasteiger charge is -2.25. The Bertz CT molecular complexity index is 534. The van der Waals surface area contributed by atoms with Gasteiger partial charge in [0.15, 0.2) is 0 Å². The predicted molar refractivity (Wildman–Crippen MR) is 86.5 cm³/mol. The van der Waals surface area contributed by atoms with Crippen molar-refractivity contribution >= 4 is 21.6 Å². The third kappa shape index (κ3) is 3.60. The van der Waals surface area contributed by atoms with Gasteiger partial charge in [-0.1, -0.05) is 66.2 Å². The van der Waals surface area contributed by atoms with Gasteiger partial charge < -0.3 is 5.32 Å². The molecule has 0 fully saturated rings. The van der Waals surface area contributed by atoms with E-state index in [-0.39, 0.29) is 0 Å². The number of halogens is 1. The Hall–Kier alpha value is -1.28. The first-order valence-corrected chi connectivity index (χ1v) is 7.45. The molecule has 1 atom stereocenters. The summed E-state index contributed by atoms with van der Waals surface area (Å²) in [6.07, 6.45) is 0. The van der Waals surface area contributed by atoms with E-state index in [4.69, 9.17) is 0 Å². The average molecular weight is 318 g/mol. The molecule has 0 amide bonds. The summed E-state index contributed by atoms with van der Waals surface area (Å²) in [5.74, 6) is 0.529. The standard InChI is InChI=1S/C17H20BrN/c1-12(2)17(14-7-5-4-6-8-14)19-16-11-15(18)10-9-13(16)3/h4-12,17,19H,1-3H3. The van der Waals surface area contributed by atoms with E-state index in [1.165, 1.54) is 16.8 Å². The maximum atomic E-state index is 3.67. The Balaban J connectivity index is 2.29. The Morgan fingerprint density at radius 2 is 1.68 bits per heavy atom. The quantitative estimate of drug-likeness (QED) is 0.777. The van der Waals surface area contributed by atoms with Crippen molar-refractivity contribution < 1.29 is 0 Å². The zero-order chi connectivity index (χ0) is 13.8. The van der Waals surface area contributed by atoms with Crippen molar-refractivity contribution in [2.75, 3.05) is 5.32 Å². The first-order chi connectivity index (χ1) is 9.08. The van der Waals surface area contributed by atoms with E-state index in [1.807, 2.05) is 0 Å². The minimum Gasteiger partial charge on any atom is -0.378 e. The lowest BCUT2D eigenvalue weighted by Crippen LogP contribution is -2.17. The molecule has 0 bridgehead atoms. The van der Waals surface area contributed by atoms with Crippen LogP contribution in [0.3, 0.4) is 0 Å². The normalized spacial score (nSPS) is 12.5. The summed E-state index contributed by atoms with van der Waals surface area (Å²) in [7, 11) is 0. The van der Waals surface area contributed by atoms with Crippen molar-refractivity contribution in [1.82, 2.24) is 0 Å². The molecule has 0 heterocycles. The summed E-state index contributed by atoms with van der Waals surface area (Å²) < 4.78 is 1.11. The van der Waals surface area contributed by atoms with Crippen LogP contribution in [0.25, 0.3) is 0 Å². The molecule has 2 aromatic rings. The first kappa shape index (κ1) is 14.1. The summed E-state index contributed by atoms with van der Waals surface area (Å²) in [6, 6.07) is 17.3. The van der Waals surface area contributed by atoms with E-state index >= 15 is 0 Å². The predicted octanol–water partition coefficient (Wildman–Crippen LogP) is 5.57. The molecular weight excluding hydrogens is 298 g/mol. The molecule has 2 aromatic carbocycles. The maximum absolute atomic E-state index is 3.67. The van der Waals surface area contributed by atoms with Crippen molar-refractivity contribution in [1.29, 1.82) is 0 Å². The highest BCUT2D eigenvalue weighted by Crippen LogP contribution is 2.29. The van der Waals surface area contributed by atoms with E-state index in [1.54, 1.807) is 0 Å². The van der Waals surface area contributed by atoms with Crippen LogP contribution in [-0.2, 0) is 0 Å². The third-order valence-corrected chi connectivity index (χ3v) is 3.83. The van der Waals surface area contributed by atoms with Crippen molar-refractivity contribution in [2.45, 2.75) is 26.8 Å².